The summed E-state index contributed by atoms with van der Waals surface area (Å²) in [5.41, 5.74) is 0. The molecule has 0 aromatic carbocycles. The van der Waals surface area contributed by atoms with E-state index in [1.807, 2.05) is 0 Å². The fraction of sp³-hybridized carbons (Fsp3) is 0.833. The van der Waals surface area contributed by atoms with Crippen molar-refractivity contribution in [3.05, 3.63) is 12.2 Å². The van der Waals surface area contributed by atoms with Gasteiger partial charge in [0.25, 0.3) is 0 Å². The Morgan fingerprint density at radius 1 is 1.36 bits per heavy atom. The largest absolute Gasteiger partial charge is 0.395 e. The van der Waals surface area contributed by atoms with Gasteiger partial charge in [-0.25, -0.2) is 0 Å². The minimum atomic E-state index is 0.294. The fourth-order valence-corrected chi connectivity index (χ4v) is 2.14. The molecule has 1 N–H and O–H groups in total. The molecule has 0 bridgehead atoms. The Morgan fingerprint density at radius 3 is 2.79 bits per heavy atom. The maximum atomic E-state index is 8.94. The van der Waals surface area contributed by atoms with Gasteiger partial charge in [-0.15, -0.1) is 0 Å². The number of aliphatic hydroxyl groups is 1. The molecule has 2 nitrogen and oxygen atoms in total. The topological polar surface area (TPSA) is 23.5 Å². The molecule has 1 aliphatic carbocycles. The van der Waals surface area contributed by atoms with E-state index >= 15 is 0 Å². The number of rotatable bonds is 6. The maximum absolute atomic E-state index is 8.94. The molecule has 1 aliphatic rings. The van der Waals surface area contributed by atoms with Crippen molar-refractivity contribution in [2.75, 3.05) is 26.2 Å². The van der Waals surface area contributed by atoms with E-state index in [4.69, 9.17) is 5.11 Å². The first kappa shape index (κ1) is 11.7. The van der Waals surface area contributed by atoms with Crippen LogP contribution in [0.25, 0.3) is 0 Å². The Kier molecular flexibility index (Phi) is 5.88. The molecule has 0 fully saturated rings. The van der Waals surface area contributed by atoms with Crippen LogP contribution in [0.2, 0.25) is 0 Å². The van der Waals surface area contributed by atoms with Crippen molar-refractivity contribution in [3.8, 4) is 0 Å². The third-order valence-electron chi connectivity index (χ3n) is 2.85. The van der Waals surface area contributed by atoms with Gasteiger partial charge in [0.2, 0.25) is 0 Å². The van der Waals surface area contributed by atoms with E-state index in [9.17, 15) is 0 Å². The normalized spacial score (nSPS) is 21.8. The molecule has 0 saturated carbocycles. The molecule has 0 aromatic heterocycles. The predicted molar refractivity (Wildman–Crippen MR) is 60.3 cm³/mol. The number of hydrogen-bond donors (Lipinski definition) is 1. The summed E-state index contributed by atoms with van der Waals surface area (Å²) in [5.74, 6) is 0.818. The van der Waals surface area contributed by atoms with Crippen LogP contribution >= 0.6 is 0 Å². The Balaban J connectivity index is 2.26. The predicted octanol–water partition coefficient (Wildman–Crippen LogP) is 2.05. The van der Waals surface area contributed by atoms with Gasteiger partial charge in [0.1, 0.15) is 0 Å². The average Bonchev–Trinajstić information content (AvgIpc) is 2.20. The van der Waals surface area contributed by atoms with Crippen LogP contribution < -0.4 is 0 Å². The van der Waals surface area contributed by atoms with Gasteiger partial charge in [-0.05, 0) is 38.1 Å². The number of hydrogen-bond acceptors (Lipinski definition) is 2. The minimum absolute atomic E-state index is 0.294. The van der Waals surface area contributed by atoms with Gasteiger partial charge in [-0.2, -0.15) is 0 Å². The van der Waals surface area contributed by atoms with Crippen LogP contribution in [-0.4, -0.2) is 36.2 Å². The molecule has 1 atom stereocenters. The van der Waals surface area contributed by atoms with E-state index in [0.717, 1.165) is 19.0 Å². The zero-order valence-electron chi connectivity index (χ0n) is 9.28. The molecule has 82 valence electrons. The number of aliphatic hydroxyl groups excluding tert-OH is 1. The first-order valence-electron chi connectivity index (χ1n) is 5.85. The Morgan fingerprint density at radius 2 is 2.21 bits per heavy atom. The minimum Gasteiger partial charge on any atom is -0.395 e. The lowest BCUT2D eigenvalue weighted by atomic mass is 9.94. The first-order chi connectivity index (χ1) is 6.86. The maximum Gasteiger partial charge on any atom is 0.0558 e. The van der Waals surface area contributed by atoms with E-state index in [0.29, 0.717) is 6.61 Å². The first-order valence-corrected chi connectivity index (χ1v) is 5.85. The third-order valence-corrected chi connectivity index (χ3v) is 2.85. The van der Waals surface area contributed by atoms with Crippen LogP contribution in [0.4, 0.5) is 0 Å². The quantitative estimate of drug-likeness (QED) is 0.659. The smallest absolute Gasteiger partial charge is 0.0558 e. The van der Waals surface area contributed by atoms with Crippen molar-refractivity contribution in [1.29, 1.82) is 0 Å². The van der Waals surface area contributed by atoms with Crippen LogP contribution in [0.3, 0.4) is 0 Å². The lowest BCUT2D eigenvalue weighted by molar-refractivity contribution is 0.171. The van der Waals surface area contributed by atoms with Gasteiger partial charge in [0.15, 0.2) is 0 Å². The highest BCUT2D eigenvalue weighted by Crippen LogP contribution is 2.19. The molecule has 0 unspecified atom stereocenters. The second-order valence-corrected chi connectivity index (χ2v) is 4.17. The van der Waals surface area contributed by atoms with Gasteiger partial charge in [0, 0.05) is 13.1 Å². The molecule has 0 aliphatic heterocycles. The number of allylic oxidation sites excluding steroid dienone is 2. The summed E-state index contributed by atoms with van der Waals surface area (Å²) < 4.78 is 0. The van der Waals surface area contributed by atoms with Crippen molar-refractivity contribution in [1.82, 2.24) is 4.90 Å². The van der Waals surface area contributed by atoms with E-state index in [1.165, 1.54) is 32.2 Å². The van der Waals surface area contributed by atoms with Gasteiger partial charge < -0.3 is 10.0 Å². The second-order valence-electron chi connectivity index (χ2n) is 4.17. The zero-order chi connectivity index (χ0) is 10.2. The van der Waals surface area contributed by atoms with Crippen LogP contribution in [0.15, 0.2) is 12.2 Å². The molecule has 14 heavy (non-hydrogen) atoms. The fourth-order valence-electron chi connectivity index (χ4n) is 2.14. The van der Waals surface area contributed by atoms with Crippen LogP contribution in [-0.2, 0) is 0 Å². The molecule has 0 saturated heterocycles. The molecular formula is C12H23NO. The molecule has 0 heterocycles. The van der Waals surface area contributed by atoms with Crippen LogP contribution in [0.5, 0.6) is 0 Å². The highest BCUT2D eigenvalue weighted by atomic mass is 16.3. The summed E-state index contributed by atoms with van der Waals surface area (Å²) in [6, 6.07) is 0. The summed E-state index contributed by atoms with van der Waals surface area (Å²) in [6.07, 6.45) is 9.56. The van der Waals surface area contributed by atoms with Crippen molar-refractivity contribution >= 4 is 0 Å². The lowest BCUT2D eigenvalue weighted by Crippen LogP contribution is -2.33. The van der Waals surface area contributed by atoms with E-state index < -0.39 is 0 Å². The summed E-state index contributed by atoms with van der Waals surface area (Å²) in [5, 5.41) is 8.94. The Hall–Kier alpha value is -0.340. The van der Waals surface area contributed by atoms with Crippen molar-refractivity contribution < 1.29 is 5.11 Å². The summed E-state index contributed by atoms with van der Waals surface area (Å²) in [4.78, 5) is 2.39. The number of nitrogens with zero attached hydrogens (tertiary/aromatic N) is 1. The SMILES string of the molecule is CCCN(CCO)C[C@H]1CC=CCC1. The standard InChI is InChI=1S/C12H23NO/c1-2-8-13(9-10-14)11-12-6-4-3-5-7-12/h3-4,12,14H,2,5-11H2,1H3/t12-/m0/s1. The van der Waals surface area contributed by atoms with Gasteiger partial charge >= 0.3 is 0 Å². The van der Waals surface area contributed by atoms with Crippen molar-refractivity contribution in [3.63, 3.8) is 0 Å². The van der Waals surface area contributed by atoms with E-state index in [2.05, 4.69) is 24.0 Å². The van der Waals surface area contributed by atoms with Crippen LogP contribution in [0.1, 0.15) is 32.6 Å². The molecule has 0 spiro atoms. The van der Waals surface area contributed by atoms with Gasteiger partial charge in [-0.1, -0.05) is 19.1 Å². The second kappa shape index (κ2) is 7.02. The Labute approximate surface area is 87.6 Å². The van der Waals surface area contributed by atoms with Gasteiger partial charge in [0.05, 0.1) is 6.61 Å². The summed E-state index contributed by atoms with van der Waals surface area (Å²) >= 11 is 0. The highest BCUT2D eigenvalue weighted by molar-refractivity contribution is 4.90. The zero-order valence-corrected chi connectivity index (χ0v) is 9.28. The molecular weight excluding hydrogens is 174 g/mol. The third kappa shape index (κ3) is 4.25. The molecule has 1 rings (SSSR count). The highest BCUT2D eigenvalue weighted by Gasteiger charge is 2.13. The average molecular weight is 197 g/mol. The summed E-state index contributed by atoms with van der Waals surface area (Å²) in [6.45, 7) is 5.63. The van der Waals surface area contributed by atoms with Crippen LogP contribution in [0, 0.1) is 5.92 Å². The van der Waals surface area contributed by atoms with E-state index in [1.54, 1.807) is 0 Å². The van der Waals surface area contributed by atoms with Gasteiger partial charge in [-0.3, -0.25) is 0 Å². The summed E-state index contributed by atoms with van der Waals surface area (Å²) in [7, 11) is 0. The molecule has 2 heteroatoms. The van der Waals surface area contributed by atoms with E-state index in [-0.39, 0.29) is 0 Å². The molecule has 0 amide bonds. The molecule has 0 aromatic rings. The Bertz CT molecular complexity index is 162. The lowest BCUT2D eigenvalue weighted by Gasteiger charge is -2.27. The van der Waals surface area contributed by atoms with Crippen molar-refractivity contribution in [2.45, 2.75) is 32.6 Å². The monoisotopic (exact) mass is 197 g/mol. The van der Waals surface area contributed by atoms with Crippen molar-refractivity contribution in [2.24, 2.45) is 5.92 Å². The molecule has 0 radical (unpaired) electrons.